The maximum atomic E-state index is 13.8. The average Bonchev–Trinajstić information content (AvgIpc) is 3.26. The molecule has 0 saturated carbocycles. The molecule has 1 atom stereocenters. The molecule has 0 bridgehead atoms. The maximum Gasteiger partial charge on any atom is 0.251 e. The molecule has 2 amide bonds. The molecular formula is C46H56FN7O9. The number of amides is 2. The minimum absolute atomic E-state index is 0.214. The van der Waals surface area contributed by atoms with Gasteiger partial charge in [0, 0.05) is 86.9 Å². The Balaban J connectivity index is 0.000000215. The summed E-state index contributed by atoms with van der Waals surface area (Å²) in [5.74, 6) is -0.357. The van der Waals surface area contributed by atoms with E-state index in [0.717, 1.165) is 0 Å². The van der Waals surface area contributed by atoms with Gasteiger partial charge in [0.15, 0.2) is 34.0 Å². The number of hydrogen-bond acceptors (Lipinski definition) is 14. The van der Waals surface area contributed by atoms with E-state index >= 15 is 0 Å². The van der Waals surface area contributed by atoms with Gasteiger partial charge < -0.3 is 53.9 Å². The first-order valence-corrected chi connectivity index (χ1v) is 21.0. The normalized spacial score (nSPS) is 14.7. The third-order valence-corrected chi connectivity index (χ3v) is 10.6. The van der Waals surface area contributed by atoms with Crippen molar-refractivity contribution in [2.45, 2.75) is 19.9 Å². The van der Waals surface area contributed by atoms with E-state index in [4.69, 9.17) is 18.3 Å². The number of hydrogen-bond donors (Lipinski definition) is 3. The number of likely N-dealkylation sites (N-methyl/N-ethyl adjacent to an activating group) is 2. The van der Waals surface area contributed by atoms with Crippen LogP contribution in [-0.2, 0) is 9.47 Å². The summed E-state index contributed by atoms with van der Waals surface area (Å²) in [5, 5.41) is 9.50. The number of carbonyl (C=O) groups is 3. The monoisotopic (exact) mass is 869 g/mol. The summed E-state index contributed by atoms with van der Waals surface area (Å²) < 4.78 is 36.7. The molecule has 3 aromatic carbocycles. The van der Waals surface area contributed by atoms with Gasteiger partial charge in [-0.3, -0.25) is 24.0 Å². The van der Waals surface area contributed by atoms with Crippen molar-refractivity contribution in [2.75, 3.05) is 122 Å². The summed E-state index contributed by atoms with van der Waals surface area (Å²) >= 11 is 0. The number of nitrogens with one attached hydrogen (secondary N) is 3. The van der Waals surface area contributed by atoms with E-state index in [2.05, 4.69) is 16.0 Å². The third kappa shape index (κ3) is 12.1. The zero-order valence-corrected chi connectivity index (χ0v) is 36.7. The van der Waals surface area contributed by atoms with E-state index in [-0.39, 0.29) is 62.4 Å². The molecule has 2 aliphatic rings. The number of benzene rings is 3. The van der Waals surface area contributed by atoms with E-state index in [0.29, 0.717) is 118 Å². The van der Waals surface area contributed by atoms with Gasteiger partial charge >= 0.3 is 0 Å². The van der Waals surface area contributed by atoms with Crippen LogP contribution in [0.2, 0.25) is 0 Å². The highest BCUT2D eigenvalue weighted by Crippen LogP contribution is 2.31. The summed E-state index contributed by atoms with van der Waals surface area (Å²) in [6.45, 7) is 10.2. The van der Waals surface area contributed by atoms with Crippen LogP contribution in [0.1, 0.15) is 56.5 Å². The Bertz CT molecular complexity index is 2550. The SMILES string of the molecule is CC(=O)c1cc(C(=O)NCCN(C)C)cc2c(=O)cc(N3CCOCC3)oc12.CC(Nc1cccc(F)c1)c1cc(C(=O)NCCN(C)C)cc2c(=O)cc(N3CCOCC3)oc12. The predicted molar refractivity (Wildman–Crippen MR) is 241 cm³/mol. The van der Waals surface area contributed by atoms with E-state index in [1.807, 2.05) is 54.7 Å². The molecule has 2 fully saturated rings. The zero-order chi connectivity index (χ0) is 45.2. The maximum absolute atomic E-state index is 13.8. The van der Waals surface area contributed by atoms with Crippen LogP contribution >= 0.6 is 0 Å². The fourth-order valence-corrected chi connectivity index (χ4v) is 7.14. The molecule has 0 radical (unpaired) electrons. The molecule has 2 saturated heterocycles. The highest BCUT2D eigenvalue weighted by atomic mass is 19.1. The molecular weight excluding hydrogens is 814 g/mol. The van der Waals surface area contributed by atoms with Gasteiger partial charge in [-0.1, -0.05) is 6.07 Å². The first kappa shape index (κ1) is 46.4. The van der Waals surface area contributed by atoms with Gasteiger partial charge in [0.2, 0.25) is 0 Å². The lowest BCUT2D eigenvalue weighted by Crippen LogP contribution is -2.36. The highest BCUT2D eigenvalue weighted by Gasteiger charge is 2.23. The van der Waals surface area contributed by atoms with Crippen LogP contribution in [0, 0.1) is 5.82 Å². The second-order valence-electron chi connectivity index (χ2n) is 16.0. The molecule has 17 heteroatoms. The number of anilines is 3. The molecule has 2 aromatic heterocycles. The molecule has 0 aliphatic carbocycles. The molecule has 336 valence electrons. The number of halogens is 1. The first-order chi connectivity index (χ1) is 30.2. The number of fused-ring (bicyclic) bond motifs is 2. The lowest BCUT2D eigenvalue weighted by atomic mass is 10.00. The molecule has 2 aliphatic heterocycles. The van der Waals surface area contributed by atoms with Crippen LogP contribution in [0.25, 0.3) is 21.9 Å². The van der Waals surface area contributed by atoms with Gasteiger partial charge in [-0.15, -0.1) is 0 Å². The molecule has 63 heavy (non-hydrogen) atoms. The van der Waals surface area contributed by atoms with Crippen LogP contribution in [0.3, 0.4) is 0 Å². The van der Waals surface area contributed by atoms with Crippen LogP contribution in [0.4, 0.5) is 21.8 Å². The van der Waals surface area contributed by atoms with E-state index < -0.39 is 0 Å². The van der Waals surface area contributed by atoms with Gasteiger partial charge in [0.25, 0.3) is 11.8 Å². The number of ketones is 1. The number of Topliss-reactive ketones (excluding diaryl/α,β-unsaturated/α-hetero) is 1. The molecule has 7 rings (SSSR count). The standard InChI is InChI=1S/C26H31FN4O4.C20H25N3O5/c1-17(29-20-6-4-5-19(27)15-20)21-13-18(26(33)28-7-8-30(2)3)14-22-23(32)16-24(35-25(21)22)31-9-11-34-12-10-31;1-13(24)15-10-14(20(26)21-4-5-22(2)3)11-16-17(25)12-18(28-19(15)16)23-6-8-27-9-7-23/h4-6,13-17,29H,7-12H2,1-3H3,(H,28,33);10-12H,4-9H2,1-3H3,(H,21,26). The minimum atomic E-state index is -0.378. The van der Waals surface area contributed by atoms with Gasteiger partial charge in [-0.05, 0) is 84.5 Å². The number of nitrogens with zero attached hydrogens (tertiary/aromatic N) is 4. The molecule has 5 aromatic rings. The zero-order valence-electron chi connectivity index (χ0n) is 36.7. The van der Waals surface area contributed by atoms with Gasteiger partial charge in [0.1, 0.15) is 11.4 Å². The summed E-state index contributed by atoms with van der Waals surface area (Å²) in [5.41, 5.74) is 2.18. The van der Waals surface area contributed by atoms with Gasteiger partial charge in [0.05, 0.1) is 48.8 Å². The van der Waals surface area contributed by atoms with Gasteiger partial charge in [-0.2, -0.15) is 0 Å². The summed E-state index contributed by atoms with van der Waals surface area (Å²) in [4.78, 5) is 71.3. The Hall–Kier alpha value is -6.14. The predicted octanol–water partition coefficient (Wildman–Crippen LogP) is 4.36. The lowest BCUT2D eigenvalue weighted by molar-refractivity contribution is 0.0942. The van der Waals surface area contributed by atoms with Crippen molar-refractivity contribution < 1.29 is 37.1 Å². The fraction of sp³-hybridized carbons (Fsp3) is 0.413. The number of ether oxygens (including phenoxy) is 2. The van der Waals surface area contributed by atoms with Crippen LogP contribution in [0.15, 0.2) is 79.1 Å². The summed E-state index contributed by atoms with van der Waals surface area (Å²) in [6, 6.07) is 14.9. The Morgan fingerprint density at radius 2 is 1.19 bits per heavy atom. The lowest BCUT2D eigenvalue weighted by Gasteiger charge is -2.27. The van der Waals surface area contributed by atoms with Crippen molar-refractivity contribution in [3.63, 3.8) is 0 Å². The Kier molecular flexibility index (Phi) is 15.7. The first-order valence-electron chi connectivity index (χ1n) is 21.0. The number of rotatable bonds is 14. The van der Waals surface area contributed by atoms with Crippen molar-refractivity contribution in [2.24, 2.45) is 0 Å². The smallest absolute Gasteiger partial charge is 0.251 e. The quantitative estimate of drug-likeness (QED) is 0.134. The van der Waals surface area contributed by atoms with Gasteiger partial charge in [-0.25, -0.2) is 4.39 Å². The fourth-order valence-electron chi connectivity index (χ4n) is 7.14. The second kappa shape index (κ2) is 21.3. The minimum Gasteiger partial charge on any atom is -0.440 e. The molecule has 1 unspecified atom stereocenters. The molecule has 4 heterocycles. The van der Waals surface area contributed by atoms with E-state index in [9.17, 15) is 28.4 Å². The number of carbonyl (C=O) groups excluding carboxylic acids is 3. The van der Waals surface area contributed by atoms with Crippen molar-refractivity contribution in [3.8, 4) is 0 Å². The van der Waals surface area contributed by atoms with Crippen molar-refractivity contribution in [1.29, 1.82) is 0 Å². The Morgan fingerprint density at radius 1 is 0.698 bits per heavy atom. The Morgan fingerprint density at radius 3 is 1.68 bits per heavy atom. The van der Waals surface area contributed by atoms with Crippen LogP contribution < -0.4 is 36.6 Å². The average molecular weight is 870 g/mol. The highest BCUT2D eigenvalue weighted by molar-refractivity contribution is 6.09. The second-order valence-corrected chi connectivity index (χ2v) is 16.0. The summed E-state index contributed by atoms with van der Waals surface area (Å²) in [7, 11) is 7.68. The van der Waals surface area contributed by atoms with Crippen molar-refractivity contribution in [1.82, 2.24) is 20.4 Å². The Labute approximate surface area is 364 Å². The summed E-state index contributed by atoms with van der Waals surface area (Å²) in [6.07, 6.45) is 0. The van der Waals surface area contributed by atoms with Crippen LogP contribution in [0.5, 0.6) is 0 Å². The largest absolute Gasteiger partial charge is 0.440 e. The van der Waals surface area contributed by atoms with Crippen LogP contribution in [-0.4, -0.2) is 134 Å². The van der Waals surface area contributed by atoms with Crippen molar-refractivity contribution >= 4 is 57.0 Å². The molecule has 0 spiro atoms. The third-order valence-electron chi connectivity index (χ3n) is 10.6. The van der Waals surface area contributed by atoms with E-state index in [1.54, 1.807) is 24.3 Å². The molecule has 16 nitrogen and oxygen atoms in total. The molecule has 3 N–H and O–H groups in total. The topological polar surface area (TPSA) is 179 Å². The number of morpholine rings is 2. The van der Waals surface area contributed by atoms with Crippen molar-refractivity contribution in [3.05, 3.63) is 109 Å². The van der Waals surface area contributed by atoms with E-state index in [1.165, 1.54) is 43.3 Å².